The first kappa shape index (κ1) is 15.1. The molecule has 0 aromatic heterocycles. The number of nitrogens with zero attached hydrogens (tertiary/aromatic N) is 2. The zero-order valence-corrected chi connectivity index (χ0v) is 12.6. The molecule has 0 bridgehead atoms. The standard InChI is InChI=1S/C18H21N3/c1-3-18(20)16-7-9-17(10-8-16)21(2)13-15-6-4-5-14(11-15)12-19/h4-11,18H,3,13,20H2,1-2H3/t18-/m1/s1. The Hall–Kier alpha value is -2.31. The quantitative estimate of drug-likeness (QED) is 0.909. The number of nitrogens with two attached hydrogens (primary N) is 1. The minimum Gasteiger partial charge on any atom is -0.370 e. The molecular weight excluding hydrogens is 258 g/mol. The highest BCUT2D eigenvalue weighted by Gasteiger charge is 2.06. The summed E-state index contributed by atoms with van der Waals surface area (Å²) < 4.78 is 0. The van der Waals surface area contributed by atoms with Gasteiger partial charge in [-0.1, -0.05) is 31.2 Å². The molecule has 0 aliphatic rings. The van der Waals surface area contributed by atoms with Crippen LogP contribution in [0.2, 0.25) is 0 Å². The Bertz CT molecular complexity index is 626. The van der Waals surface area contributed by atoms with Gasteiger partial charge in [-0.15, -0.1) is 0 Å². The van der Waals surface area contributed by atoms with Crippen molar-refractivity contribution in [1.82, 2.24) is 0 Å². The molecular formula is C18H21N3. The summed E-state index contributed by atoms with van der Waals surface area (Å²) in [6, 6.07) is 18.4. The van der Waals surface area contributed by atoms with Gasteiger partial charge in [-0.25, -0.2) is 0 Å². The molecule has 0 amide bonds. The van der Waals surface area contributed by atoms with Gasteiger partial charge in [0.05, 0.1) is 11.6 Å². The van der Waals surface area contributed by atoms with Gasteiger partial charge in [-0.3, -0.25) is 0 Å². The van der Waals surface area contributed by atoms with Gasteiger partial charge in [-0.05, 0) is 41.8 Å². The molecule has 3 heteroatoms. The van der Waals surface area contributed by atoms with Crippen LogP contribution in [0.4, 0.5) is 5.69 Å². The number of hydrogen-bond acceptors (Lipinski definition) is 3. The van der Waals surface area contributed by atoms with Gasteiger partial charge in [0.1, 0.15) is 0 Å². The Balaban J connectivity index is 2.09. The van der Waals surface area contributed by atoms with Crippen LogP contribution in [0.25, 0.3) is 0 Å². The van der Waals surface area contributed by atoms with Crippen molar-refractivity contribution in [3.8, 4) is 6.07 Å². The number of anilines is 1. The van der Waals surface area contributed by atoms with Crippen molar-refractivity contribution in [2.45, 2.75) is 25.9 Å². The summed E-state index contributed by atoms with van der Waals surface area (Å²) >= 11 is 0. The number of nitriles is 1. The summed E-state index contributed by atoms with van der Waals surface area (Å²) in [5.74, 6) is 0. The third kappa shape index (κ3) is 3.84. The third-order valence-electron chi connectivity index (χ3n) is 3.68. The third-order valence-corrected chi connectivity index (χ3v) is 3.68. The van der Waals surface area contributed by atoms with Crippen molar-refractivity contribution in [1.29, 1.82) is 5.26 Å². The first-order valence-corrected chi connectivity index (χ1v) is 7.19. The summed E-state index contributed by atoms with van der Waals surface area (Å²) in [7, 11) is 2.05. The van der Waals surface area contributed by atoms with Crippen LogP contribution >= 0.6 is 0 Å². The molecule has 2 aromatic carbocycles. The van der Waals surface area contributed by atoms with Crippen LogP contribution in [0.1, 0.15) is 36.1 Å². The largest absolute Gasteiger partial charge is 0.370 e. The van der Waals surface area contributed by atoms with Crippen molar-refractivity contribution in [2.24, 2.45) is 5.73 Å². The maximum atomic E-state index is 8.94. The lowest BCUT2D eigenvalue weighted by molar-refractivity contribution is 0.698. The molecule has 2 N–H and O–H groups in total. The van der Waals surface area contributed by atoms with Crippen LogP contribution in [0.3, 0.4) is 0 Å². The SMILES string of the molecule is CC[C@@H](N)c1ccc(N(C)Cc2cccc(C#N)c2)cc1. The summed E-state index contributed by atoms with van der Waals surface area (Å²) in [6.45, 7) is 2.86. The molecule has 0 aliphatic carbocycles. The lowest BCUT2D eigenvalue weighted by atomic mass is 10.0. The van der Waals surface area contributed by atoms with Crippen LogP contribution in [-0.2, 0) is 6.54 Å². The Labute approximate surface area is 126 Å². The molecule has 2 rings (SSSR count). The maximum absolute atomic E-state index is 8.94. The molecule has 108 valence electrons. The van der Waals surface area contributed by atoms with Crippen molar-refractivity contribution < 1.29 is 0 Å². The molecule has 3 nitrogen and oxygen atoms in total. The van der Waals surface area contributed by atoms with Crippen molar-refractivity contribution in [3.63, 3.8) is 0 Å². The van der Waals surface area contributed by atoms with E-state index in [1.165, 1.54) is 5.56 Å². The first-order chi connectivity index (χ1) is 10.1. The molecule has 2 aromatic rings. The smallest absolute Gasteiger partial charge is 0.0991 e. The Morgan fingerprint density at radius 1 is 1.19 bits per heavy atom. The van der Waals surface area contributed by atoms with E-state index in [4.69, 9.17) is 11.0 Å². The summed E-state index contributed by atoms with van der Waals surface area (Å²) in [6.07, 6.45) is 0.941. The molecule has 0 radical (unpaired) electrons. The molecule has 0 aliphatic heterocycles. The molecule has 1 atom stereocenters. The number of rotatable bonds is 5. The second-order valence-corrected chi connectivity index (χ2v) is 5.27. The van der Waals surface area contributed by atoms with Crippen LogP contribution in [0.5, 0.6) is 0 Å². The van der Waals surface area contributed by atoms with Crippen LogP contribution in [0, 0.1) is 11.3 Å². The Kier molecular flexibility index (Phi) is 4.97. The normalized spacial score (nSPS) is 11.7. The van der Waals surface area contributed by atoms with Gasteiger partial charge < -0.3 is 10.6 Å². The maximum Gasteiger partial charge on any atom is 0.0991 e. The zero-order valence-electron chi connectivity index (χ0n) is 12.6. The molecule has 0 spiro atoms. The van der Waals surface area contributed by atoms with Gasteiger partial charge in [0.25, 0.3) is 0 Å². The van der Waals surface area contributed by atoms with Gasteiger partial charge in [0.2, 0.25) is 0 Å². The number of hydrogen-bond donors (Lipinski definition) is 1. The van der Waals surface area contributed by atoms with Crippen LogP contribution in [-0.4, -0.2) is 7.05 Å². The summed E-state index contributed by atoms with van der Waals surface area (Å²) in [4.78, 5) is 2.16. The zero-order chi connectivity index (χ0) is 15.2. The fourth-order valence-electron chi connectivity index (χ4n) is 2.32. The summed E-state index contributed by atoms with van der Waals surface area (Å²) in [5, 5.41) is 8.94. The van der Waals surface area contributed by atoms with Crippen LogP contribution < -0.4 is 10.6 Å². The van der Waals surface area contributed by atoms with E-state index in [-0.39, 0.29) is 6.04 Å². The van der Waals surface area contributed by atoms with E-state index in [0.29, 0.717) is 5.56 Å². The minimum atomic E-state index is 0.108. The highest BCUT2D eigenvalue weighted by molar-refractivity contribution is 5.48. The van der Waals surface area contributed by atoms with Crippen molar-refractivity contribution >= 4 is 5.69 Å². The average molecular weight is 279 g/mol. The minimum absolute atomic E-state index is 0.108. The molecule has 0 saturated carbocycles. The topological polar surface area (TPSA) is 53.0 Å². The summed E-state index contributed by atoms with van der Waals surface area (Å²) in [5.41, 5.74) is 10.2. The highest BCUT2D eigenvalue weighted by Crippen LogP contribution is 2.20. The Morgan fingerprint density at radius 2 is 1.90 bits per heavy atom. The molecule has 0 heterocycles. The molecule has 21 heavy (non-hydrogen) atoms. The second-order valence-electron chi connectivity index (χ2n) is 5.27. The lowest BCUT2D eigenvalue weighted by Crippen LogP contribution is -2.16. The van der Waals surface area contributed by atoms with E-state index in [1.54, 1.807) is 0 Å². The molecule has 0 unspecified atom stereocenters. The van der Waals surface area contributed by atoms with E-state index >= 15 is 0 Å². The highest BCUT2D eigenvalue weighted by atomic mass is 15.1. The predicted octanol–water partition coefficient (Wildman–Crippen LogP) is 3.60. The lowest BCUT2D eigenvalue weighted by Gasteiger charge is -2.20. The average Bonchev–Trinajstić information content (AvgIpc) is 2.54. The predicted molar refractivity (Wildman–Crippen MR) is 86.9 cm³/mol. The van der Waals surface area contributed by atoms with E-state index in [0.717, 1.165) is 24.2 Å². The van der Waals surface area contributed by atoms with Gasteiger partial charge >= 0.3 is 0 Å². The monoisotopic (exact) mass is 279 g/mol. The second kappa shape index (κ2) is 6.92. The van der Waals surface area contributed by atoms with Crippen molar-refractivity contribution in [2.75, 3.05) is 11.9 Å². The molecule has 0 saturated heterocycles. The van der Waals surface area contributed by atoms with Gasteiger partial charge in [0.15, 0.2) is 0 Å². The molecule has 0 fully saturated rings. The fourth-order valence-corrected chi connectivity index (χ4v) is 2.32. The fraction of sp³-hybridized carbons (Fsp3) is 0.278. The van der Waals surface area contributed by atoms with Crippen molar-refractivity contribution in [3.05, 3.63) is 65.2 Å². The number of benzene rings is 2. The van der Waals surface area contributed by atoms with E-state index < -0.39 is 0 Å². The van der Waals surface area contributed by atoms with E-state index in [2.05, 4.69) is 42.2 Å². The van der Waals surface area contributed by atoms with E-state index in [1.807, 2.05) is 31.3 Å². The Morgan fingerprint density at radius 3 is 2.52 bits per heavy atom. The van der Waals surface area contributed by atoms with E-state index in [9.17, 15) is 0 Å². The van der Waals surface area contributed by atoms with Gasteiger partial charge in [-0.2, -0.15) is 5.26 Å². The first-order valence-electron chi connectivity index (χ1n) is 7.19. The van der Waals surface area contributed by atoms with Gasteiger partial charge in [0, 0.05) is 25.3 Å². The van der Waals surface area contributed by atoms with Crippen LogP contribution in [0.15, 0.2) is 48.5 Å².